The summed E-state index contributed by atoms with van der Waals surface area (Å²) < 4.78 is 61.4. The fourth-order valence-electron chi connectivity index (χ4n) is 10.7. The van der Waals surface area contributed by atoms with Gasteiger partial charge in [0.15, 0.2) is 11.3 Å². The number of likely N-dealkylation sites (tertiary alicyclic amines) is 1. The molecular formula is C49H56F3N11O5. The van der Waals surface area contributed by atoms with Crippen LogP contribution in [0.4, 0.5) is 24.7 Å². The number of carbonyl (C=O) groups is 3. The highest BCUT2D eigenvalue weighted by Crippen LogP contribution is 2.41. The van der Waals surface area contributed by atoms with Crippen molar-refractivity contribution in [1.82, 2.24) is 44.4 Å². The van der Waals surface area contributed by atoms with E-state index in [1.807, 2.05) is 28.9 Å². The van der Waals surface area contributed by atoms with Gasteiger partial charge >= 0.3 is 0 Å². The van der Waals surface area contributed by atoms with Gasteiger partial charge in [-0.3, -0.25) is 34.0 Å². The average molecular weight is 936 g/mol. The highest BCUT2D eigenvalue weighted by molar-refractivity contribution is 6.08. The second kappa shape index (κ2) is 18.9. The number of morpholine rings is 1. The summed E-state index contributed by atoms with van der Waals surface area (Å²) in [4.78, 5) is 47.3. The molecule has 5 aromatic rings. The zero-order chi connectivity index (χ0) is 46.5. The number of nitrogens with one attached hydrogen (secondary N) is 2. The summed E-state index contributed by atoms with van der Waals surface area (Å²) in [6.07, 6.45) is 10.0. The van der Waals surface area contributed by atoms with Gasteiger partial charge < -0.3 is 19.7 Å². The Hall–Kier alpha value is -5.84. The lowest BCUT2D eigenvalue weighted by Crippen LogP contribution is -2.47. The van der Waals surface area contributed by atoms with E-state index in [9.17, 15) is 23.2 Å². The number of hydrogen-bond donors (Lipinski definition) is 2. The van der Waals surface area contributed by atoms with Crippen LogP contribution in [0.5, 0.6) is 0 Å². The molecule has 3 aliphatic carbocycles. The number of imide groups is 1. The van der Waals surface area contributed by atoms with Crippen LogP contribution in [0.15, 0.2) is 42.9 Å². The lowest BCUT2D eigenvalue weighted by Gasteiger charge is -2.38. The van der Waals surface area contributed by atoms with E-state index in [0.29, 0.717) is 62.2 Å². The molecule has 1 unspecified atom stereocenters. The number of rotatable bonds is 13. The predicted octanol–water partition coefficient (Wildman–Crippen LogP) is 6.54. The van der Waals surface area contributed by atoms with Crippen LogP contribution in [0.1, 0.15) is 129 Å². The summed E-state index contributed by atoms with van der Waals surface area (Å²) in [7, 11) is 0. The summed E-state index contributed by atoms with van der Waals surface area (Å²) in [5.41, 5.74) is 2.30. The molecule has 11 rings (SSSR count). The van der Waals surface area contributed by atoms with Crippen LogP contribution in [-0.2, 0) is 19.1 Å². The van der Waals surface area contributed by atoms with Crippen molar-refractivity contribution in [3.8, 4) is 11.8 Å². The van der Waals surface area contributed by atoms with Crippen molar-refractivity contribution in [3.63, 3.8) is 0 Å². The molecule has 7 heterocycles. The molecular weight excluding hydrogens is 880 g/mol. The Morgan fingerprint density at radius 1 is 0.971 bits per heavy atom. The Balaban J connectivity index is 0.665. The standard InChI is InChI=1S/C49H56F3N11O5/c50-38-27-59(18-16-40(38)68-21-2-4-31-3-1-5-35-43(36-14-15-42(64)56-48(36)65)58-63(45(31)35)33-12-13-33)25-30-8-10-32(11-9-30)62-28-39(44(57-62)46(51)52)54-49(66)37-24-53-61-19-17-41(55-47(37)61)60-20-22-67-34(26-60)23-29-6-7-29/h1,3,5,17,19,24,28-30,32-34,36,38,40,46H,6-16,18,20-23,25-27H2,(H,54,66)(H,56,64,65)/t30?,32?,34-,36?,38+,40-/m0/s1. The third-order valence-corrected chi connectivity index (χ3v) is 14.7. The molecule has 1 aromatic carbocycles. The van der Waals surface area contributed by atoms with Gasteiger partial charge in [0.1, 0.15) is 24.2 Å². The van der Waals surface area contributed by atoms with Crippen molar-refractivity contribution < 1.29 is 37.0 Å². The topological polar surface area (TPSA) is 166 Å². The van der Waals surface area contributed by atoms with Crippen molar-refractivity contribution in [2.75, 3.05) is 56.2 Å². The van der Waals surface area contributed by atoms with Crippen LogP contribution in [0.25, 0.3) is 16.6 Å². The first-order valence-corrected chi connectivity index (χ1v) is 24.3. The molecule has 0 radical (unpaired) electrons. The van der Waals surface area contributed by atoms with Gasteiger partial charge in [-0.05, 0) is 81.8 Å². The van der Waals surface area contributed by atoms with E-state index in [4.69, 9.17) is 19.6 Å². The van der Waals surface area contributed by atoms with E-state index in [2.05, 4.69) is 42.5 Å². The molecule has 0 bridgehead atoms. The quantitative estimate of drug-likeness (QED) is 0.0974. The van der Waals surface area contributed by atoms with Crippen LogP contribution in [0.3, 0.4) is 0 Å². The van der Waals surface area contributed by atoms with Crippen molar-refractivity contribution in [2.24, 2.45) is 11.8 Å². The Kier molecular flexibility index (Phi) is 12.4. The molecule has 0 spiro atoms. The number of alkyl halides is 3. The fourth-order valence-corrected chi connectivity index (χ4v) is 10.7. The van der Waals surface area contributed by atoms with Gasteiger partial charge in [-0.25, -0.2) is 22.7 Å². The van der Waals surface area contributed by atoms with E-state index < -0.39 is 36.2 Å². The molecule has 3 aliphatic heterocycles. The summed E-state index contributed by atoms with van der Waals surface area (Å²) in [6, 6.07) is 7.77. The summed E-state index contributed by atoms with van der Waals surface area (Å²) >= 11 is 0. The van der Waals surface area contributed by atoms with Gasteiger partial charge in [0, 0.05) is 56.9 Å². The Bertz CT molecular complexity index is 2760. The number of amides is 3. The number of anilines is 2. The first-order chi connectivity index (χ1) is 33.1. The summed E-state index contributed by atoms with van der Waals surface area (Å²) in [5, 5.41) is 19.5. The van der Waals surface area contributed by atoms with Gasteiger partial charge in [0.2, 0.25) is 11.8 Å². The number of piperidine rings is 2. The van der Waals surface area contributed by atoms with Crippen LogP contribution >= 0.6 is 0 Å². The second-order valence-corrected chi connectivity index (χ2v) is 19.5. The van der Waals surface area contributed by atoms with Gasteiger partial charge in [-0.2, -0.15) is 15.3 Å². The SMILES string of the molecule is O=C1CCC(c2nn(C3CC3)c3c(C#CCO[C@H]4CCN(CC5CCC(n6cc(NC(=O)c7cnn8ccc(N9CCO[C@@H](CC%10CC%10)C9)nc78)c(C(F)F)n6)CC5)C[C@H]4F)cccc23)C(=O)N1. The number of carbonyl (C=O) groups excluding carboxylic acids is 3. The van der Waals surface area contributed by atoms with Gasteiger partial charge in [0.25, 0.3) is 12.3 Å². The zero-order valence-electron chi connectivity index (χ0n) is 37.9. The Labute approximate surface area is 391 Å². The molecule has 68 heavy (non-hydrogen) atoms. The molecule has 6 aliphatic rings. The van der Waals surface area contributed by atoms with Gasteiger partial charge in [-0.1, -0.05) is 36.8 Å². The number of fused-ring (bicyclic) bond motifs is 2. The maximum absolute atomic E-state index is 15.6. The minimum absolute atomic E-state index is 0.0391. The monoisotopic (exact) mass is 935 g/mol. The third-order valence-electron chi connectivity index (χ3n) is 14.7. The van der Waals surface area contributed by atoms with Crippen LogP contribution in [0.2, 0.25) is 0 Å². The fraction of sp³-hybridized carbons (Fsp3) is 0.571. The molecule has 16 nitrogen and oxygen atoms in total. The molecule has 3 amide bonds. The van der Waals surface area contributed by atoms with Crippen molar-refractivity contribution in [1.29, 1.82) is 0 Å². The molecule has 4 atom stereocenters. The zero-order valence-corrected chi connectivity index (χ0v) is 37.9. The average Bonchev–Trinajstić information content (AvgIpc) is 4.23. The number of nitrogens with zero attached hydrogens (tertiary/aromatic N) is 9. The Morgan fingerprint density at radius 3 is 2.57 bits per heavy atom. The van der Waals surface area contributed by atoms with E-state index in [1.165, 1.54) is 29.8 Å². The first-order valence-electron chi connectivity index (χ1n) is 24.3. The number of benzene rings is 1. The molecule has 358 valence electrons. The lowest BCUT2D eigenvalue weighted by atomic mass is 9.85. The van der Waals surface area contributed by atoms with Crippen molar-refractivity contribution in [2.45, 2.75) is 120 Å². The van der Waals surface area contributed by atoms with Crippen molar-refractivity contribution >= 4 is 45.8 Å². The first kappa shape index (κ1) is 44.7. The molecule has 4 aromatic heterocycles. The van der Waals surface area contributed by atoms with Gasteiger partial charge in [-0.15, -0.1) is 0 Å². The normalized spacial score (nSPS) is 26.0. The number of hydrogen-bond acceptors (Lipinski definition) is 11. The van der Waals surface area contributed by atoms with E-state index in [1.54, 1.807) is 10.9 Å². The third kappa shape index (κ3) is 9.46. The molecule has 2 N–H and O–H groups in total. The molecule has 19 heteroatoms. The molecule has 3 saturated heterocycles. The van der Waals surface area contributed by atoms with E-state index in [0.717, 1.165) is 73.9 Å². The highest BCUT2D eigenvalue weighted by atomic mass is 19.3. The number of ether oxygens (including phenoxy) is 2. The van der Waals surface area contributed by atoms with E-state index >= 15 is 4.39 Å². The summed E-state index contributed by atoms with van der Waals surface area (Å²) in [6.45, 7) is 3.76. The predicted molar refractivity (Wildman–Crippen MR) is 244 cm³/mol. The number of aromatic nitrogens is 7. The maximum atomic E-state index is 15.6. The lowest BCUT2D eigenvalue weighted by molar-refractivity contribution is -0.134. The number of halogens is 3. The Morgan fingerprint density at radius 2 is 1.79 bits per heavy atom. The smallest absolute Gasteiger partial charge is 0.284 e. The summed E-state index contributed by atoms with van der Waals surface area (Å²) in [5.74, 6) is 6.42. The van der Waals surface area contributed by atoms with Crippen LogP contribution in [0, 0.1) is 23.7 Å². The minimum Gasteiger partial charge on any atom is -0.375 e. The largest absolute Gasteiger partial charge is 0.375 e. The van der Waals surface area contributed by atoms with Crippen molar-refractivity contribution in [3.05, 3.63) is 65.4 Å². The molecule has 6 fully saturated rings. The van der Waals surface area contributed by atoms with Gasteiger partial charge in [0.05, 0.1) is 65.5 Å². The van der Waals surface area contributed by atoms with Crippen LogP contribution in [-0.4, -0.2) is 121 Å². The minimum atomic E-state index is -2.89. The second-order valence-electron chi connectivity index (χ2n) is 19.5. The van der Waals surface area contributed by atoms with E-state index in [-0.39, 0.29) is 60.8 Å². The molecule has 3 saturated carbocycles. The number of para-hydroxylation sites is 1. The maximum Gasteiger partial charge on any atom is 0.284 e. The van der Waals surface area contributed by atoms with Crippen LogP contribution < -0.4 is 15.5 Å². The highest BCUT2D eigenvalue weighted by Gasteiger charge is 2.37.